The van der Waals surface area contributed by atoms with Crippen LogP contribution in [-0.4, -0.2) is 38.2 Å². The van der Waals surface area contributed by atoms with Crippen molar-refractivity contribution in [2.24, 2.45) is 11.7 Å². The summed E-state index contributed by atoms with van der Waals surface area (Å²) >= 11 is 0. The SMILES string of the molecule is CC(=N)C(C)C(=N)C(=O)Nc1cnc2[nH]c(-c3ccnc(C(N)=O)c3)cc2c1. The summed E-state index contributed by atoms with van der Waals surface area (Å²) in [5.41, 5.74) is 7.98. The number of amides is 2. The quantitative estimate of drug-likeness (QED) is 0.417. The number of hydrogen-bond acceptors (Lipinski definition) is 6. The fourth-order valence-electron chi connectivity index (χ4n) is 2.58. The third kappa shape index (κ3) is 3.78. The summed E-state index contributed by atoms with van der Waals surface area (Å²) in [6, 6.07) is 6.87. The number of carbonyl (C=O) groups excluding carboxylic acids is 2. The number of rotatable bonds is 6. The number of H-pyrrole nitrogens is 1. The maximum Gasteiger partial charge on any atom is 0.270 e. The zero-order valence-electron chi connectivity index (χ0n) is 15.3. The molecule has 9 heteroatoms. The van der Waals surface area contributed by atoms with Gasteiger partial charge in [0.25, 0.3) is 11.8 Å². The zero-order chi connectivity index (χ0) is 20.4. The van der Waals surface area contributed by atoms with Crippen LogP contribution in [0.5, 0.6) is 0 Å². The van der Waals surface area contributed by atoms with E-state index in [-0.39, 0.29) is 17.1 Å². The van der Waals surface area contributed by atoms with E-state index in [4.69, 9.17) is 16.6 Å². The topological polar surface area (TPSA) is 161 Å². The maximum absolute atomic E-state index is 12.2. The first-order chi connectivity index (χ1) is 13.3. The van der Waals surface area contributed by atoms with Crippen LogP contribution in [-0.2, 0) is 4.79 Å². The van der Waals surface area contributed by atoms with Crippen LogP contribution in [0.25, 0.3) is 22.3 Å². The number of carbonyl (C=O) groups is 2. The van der Waals surface area contributed by atoms with Crippen molar-refractivity contribution in [1.82, 2.24) is 15.0 Å². The number of nitrogens with two attached hydrogens (primary N) is 1. The van der Waals surface area contributed by atoms with Crippen LogP contribution < -0.4 is 11.1 Å². The normalized spacial score (nSPS) is 11.8. The molecule has 9 nitrogen and oxygen atoms in total. The number of anilines is 1. The lowest BCUT2D eigenvalue weighted by atomic mass is 10.0. The highest BCUT2D eigenvalue weighted by molar-refractivity contribution is 6.45. The Labute approximate surface area is 160 Å². The molecule has 2 amide bonds. The largest absolute Gasteiger partial charge is 0.364 e. The molecule has 0 spiro atoms. The average molecular weight is 377 g/mol. The number of nitrogens with one attached hydrogen (secondary N) is 4. The molecule has 0 saturated carbocycles. The standard InChI is InChI=1S/C19H19N7O2/c1-9(10(2)20)16(21)19(28)25-13-5-12-7-14(26-18(12)24-8-13)11-3-4-23-15(6-11)17(22)27/h3-9,20-21H,1-2H3,(H2,22,27)(H,24,26)(H,25,28). The molecule has 3 rings (SSSR count). The van der Waals surface area contributed by atoms with Gasteiger partial charge in [-0.2, -0.15) is 0 Å². The Morgan fingerprint density at radius 1 is 1.21 bits per heavy atom. The molecule has 28 heavy (non-hydrogen) atoms. The summed E-state index contributed by atoms with van der Waals surface area (Å²) in [5, 5.41) is 18.8. The zero-order valence-corrected chi connectivity index (χ0v) is 15.3. The molecular weight excluding hydrogens is 358 g/mol. The molecule has 0 aliphatic rings. The summed E-state index contributed by atoms with van der Waals surface area (Å²) in [6.45, 7) is 3.20. The molecule has 0 radical (unpaired) electrons. The second kappa shape index (κ2) is 7.39. The van der Waals surface area contributed by atoms with Gasteiger partial charge in [-0.15, -0.1) is 0 Å². The molecule has 0 aliphatic carbocycles. The second-order valence-electron chi connectivity index (χ2n) is 6.41. The Morgan fingerprint density at radius 2 is 1.96 bits per heavy atom. The summed E-state index contributed by atoms with van der Waals surface area (Å²) in [7, 11) is 0. The van der Waals surface area contributed by atoms with Gasteiger partial charge in [-0.25, -0.2) is 4.98 Å². The van der Waals surface area contributed by atoms with E-state index in [1.54, 1.807) is 32.0 Å². The van der Waals surface area contributed by atoms with Crippen LogP contribution in [0.1, 0.15) is 24.3 Å². The highest BCUT2D eigenvalue weighted by atomic mass is 16.2. The summed E-state index contributed by atoms with van der Waals surface area (Å²) in [5.74, 6) is -1.74. The van der Waals surface area contributed by atoms with Crippen molar-refractivity contribution < 1.29 is 9.59 Å². The van der Waals surface area contributed by atoms with Crippen LogP contribution in [0.4, 0.5) is 5.69 Å². The number of aromatic amines is 1. The lowest BCUT2D eigenvalue weighted by Crippen LogP contribution is -2.30. The Kier molecular flexibility index (Phi) is 4.99. The van der Waals surface area contributed by atoms with Crippen molar-refractivity contribution >= 4 is 40.0 Å². The third-order valence-corrected chi connectivity index (χ3v) is 4.38. The van der Waals surface area contributed by atoms with Crippen LogP contribution in [0.3, 0.4) is 0 Å². The van der Waals surface area contributed by atoms with Gasteiger partial charge in [0.2, 0.25) is 0 Å². The van der Waals surface area contributed by atoms with Gasteiger partial charge in [-0.05, 0) is 31.2 Å². The van der Waals surface area contributed by atoms with Gasteiger partial charge in [-0.1, -0.05) is 6.92 Å². The first kappa shape index (κ1) is 18.9. The van der Waals surface area contributed by atoms with E-state index in [0.717, 1.165) is 16.6 Å². The van der Waals surface area contributed by atoms with Crippen LogP contribution in [0.15, 0.2) is 36.7 Å². The van der Waals surface area contributed by atoms with Crippen molar-refractivity contribution in [2.75, 3.05) is 5.32 Å². The van der Waals surface area contributed by atoms with Gasteiger partial charge in [-0.3, -0.25) is 20.0 Å². The van der Waals surface area contributed by atoms with E-state index in [0.29, 0.717) is 11.3 Å². The predicted molar refractivity (Wildman–Crippen MR) is 107 cm³/mol. The predicted octanol–water partition coefficient (Wildman–Crippen LogP) is 2.36. The van der Waals surface area contributed by atoms with Crippen molar-refractivity contribution in [3.05, 3.63) is 42.4 Å². The molecule has 0 aromatic carbocycles. The van der Waals surface area contributed by atoms with E-state index in [1.165, 1.54) is 12.4 Å². The number of primary amides is 1. The highest BCUT2D eigenvalue weighted by Crippen LogP contribution is 2.25. The van der Waals surface area contributed by atoms with E-state index in [2.05, 4.69) is 20.3 Å². The smallest absolute Gasteiger partial charge is 0.270 e. The average Bonchev–Trinajstić information content (AvgIpc) is 3.10. The van der Waals surface area contributed by atoms with E-state index < -0.39 is 17.7 Å². The molecule has 0 bridgehead atoms. The summed E-state index contributed by atoms with van der Waals surface area (Å²) < 4.78 is 0. The molecule has 1 atom stereocenters. The van der Waals surface area contributed by atoms with Gasteiger partial charge in [0.1, 0.15) is 17.1 Å². The third-order valence-electron chi connectivity index (χ3n) is 4.38. The van der Waals surface area contributed by atoms with Gasteiger partial charge in [0, 0.05) is 34.5 Å². The summed E-state index contributed by atoms with van der Waals surface area (Å²) in [4.78, 5) is 34.9. The number of hydrogen-bond donors (Lipinski definition) is 5. The minimum absolute atomic E-state index is 0.159. The van der Waals surface area contributed by atoms with Crippen molar-refractivity contribution in [2.45, 2.75) is 13.8 Å². The number of pyridine rings is 2. The Hall–Kier alpha value is -3.88. The molecule has 142 valence electrons. The van der Waals surface area contributed by atoms with Crippen LogP contribution in [0, 0.1) is 16.7 Å². The van der Waals surface area contributed by atoms with Crippen molar-refractivity contribution in [3.63, 3.8) is 0 Å². The van der Waals surface area contributed by atoms with Crippen molar-refractivity contribution in [3.8, 4) is 11.3 Å². The molecule has 0 aliphatic heterocycles. The lowest BCUT2D eigenvalue weighted by molar-refractivity contribution is -0.110. The minimum Gasteiger partial charge on any atom is -0.364 e. The fourth-order valence-corrected chi connectivity index (χ4v) is 2.58. The maximum atomic E-state index is 12.2. The number of aromatic nitrogens is 3. The van der Waals surface area contributed by atoms with E-state index in [1.807, 2.05) is 6.07 Å². The van der Waals surface area contributed by atoms with Gasteiger partial charge >= 0.3 is 0 Å². The second-order valence-corrected chi connectivity index (χ2v) is 6.41. The van der Waals surface area contributed by atoms with Gasteiger partial charge in [0.05, 0.1) is 11.9 Å². The molecule has 3 aromatic rings. The van der Waals surface area contributed by atoms with E-state index >= 15 is 0 Å². The van der Waals surface area contributed by atoms with E-state index in [9.17, 15) is 9.59 Å². The molecule has 0 fully saturated rings. The highest BCUT2D eigenvalue weighted by Gasteiger charge is 2.19. The molecular formula is C19H19N7O2. The Bertz CT molecular complexity index is 1120. The molecule has 3 aromatic heterocycles. The van der Waals surface area contributed by atoms with Gasteiger partial charge in [0.15, 0.2) is 0 Å². The molecule has 0 saturated heterocycles. The van der Waals surface area contributed by atoms with Gasteiger partial charge < -0.3 is 21.4 Å². The Morgan fingerprint density at radius 3 is 2.64 bits per heavy atom. The summed E-state index contributed by atoms with van der Waals surface area (Å²) in [6.07, 6.45) is 2.98. The molecule has 1 unspecified atom stereocenters. The lowest BCUT2D eigenvalue weighted by Gasteiger charge is -2.11. The van der Waals surface area contributed by atoms with Crippen molar-refractivity contribution in [1.29, 1.82) is 10.8 Å². The van der Waals surface area contributed by atoms with Crippen LogP contribution in [0.2, 0.25) is 0 Å². The number of fused-ring (bicyclic) bond motifs is 1. The molecule has 6 N–H and O–H groups in total. The van der Waals surface area contributed by atoms with Crippen LogP contribution >= 0.6 is 0 Å². The first-order valence-electron chi connectivity index (χ1n) is 8.46. The number of nitrogens with zero attached hydrogens (tertiary/aromatic N) is 2. The fraction of sp³-hybridized carbons (Fsp3) is 0.158. The monoisotopic (exact) mass is 377 g/mol. The minimum atomic E-state index is -0.613. The Balaban J connectivity index is 1.86. The first-order valence-corrected chi connectivity index (χ1v) is 8.46. The molecule has 3 heterocycles.